The molecule has 1 fully saturated rings. The van der Waals surface area contributed by atoms with Gasteiger partial charge in [-0.25, -0.2) is 0 Å². The third-order valence-corrected chi connectivity index (χ3v) is 4.78. The fourth-order valence-electron chi connectivity index (χ4n) is 2.92. The van der Waals surface area contributed by atoms with Gasteiger partial charge in [-0.15, -0.1) is 3.89 Å². The Kier molecular flexibility index (Phi) is 5.18. The minimum Gasteiger partial charge on any atom is -0.396 e. The molecule has 2 unspecified atom stereocenters. The van der Waals surface area contributed by atoms with Crippen LogP contribution in [0.25, 0.3) is 0 Å². The number of carbonyl (C=O) groups excluding carboxylic acids is 1. The molecule has 0 aliphatic carbocycles. The van der Waals surface area contributed by atoms with Crippen molar-refractivity contribution in [2.45, 2.75) is 25.8 Å². The lowest BCUT2D eigenvalue weighted by molar-refractivity contribution is -0.130. The van der Waals surface area contributed by atoms with Crippen LogP contribution in [-0.2, 0) is 15.0 Å². The van der Waals surface area contributed by atoms with Crippen LogP contribution < -0.4 is 0 Å². The lowest BCUT2D eigenvalue weighted by atomic mass is 10.0. The van der Waals surface area contributed by atoms with Crippen LogP contribution in [0.3, 0.4) is 0 Å². The highest BCUT2D eigenvalue weighted by Crippen LogP contribution is 2.31. The molecule has 1 aliphatic heterocycles. The largest absolute Gasteiger partial charge is 0.396 e. The molecule has 7 heteroatoms. The molecule has 2 atom stereocenters. The first-order valence-electron chi connectivity index (χ1n) is 7.19. The number of carbonyl (C=O) groups is 1. The zero-order valence-corrected chi connectivity index (χ0v) is 13.2. The molecule has 122 valence electrons. The first-order chi connectivity index (χ1) is 10.3. The summed E-state index contributed by atoms with van der Waals surface area (Å²) >= 11 is 0. The van der Waals surface area contributed by atoms with Crippen LogP contribution in [0.4, 0.5) is 3.89 Å². The first kappa shape index (κ1) is 16.9. The summed E-state index contributed by atoms with van der Waals surface area (Å²) in [7, 11) is -4.59. The Morgan fingerprint density at radius 2 is 2.00 bits per heavy atom. The van der Waals surface area contributed by atoms with Gasteiger partial charge >= 0.3 is 10.2 Å². The van der Waals surface area contributed by atoms with Gasteiger partial charge in [-0.3, -0.25) is 4.79 Å². The topological polar surface area (TPSA) is 74.7 Å². The maximum absolute atomic E-state index is 12.8. The average Bonchev–Trinajstić information content (AvgIpc) is 2.75. The van der Waals surface area contributed by atoms with Gasteiger partial charge in [0.1, 0.15) is 0 Å². The van der Waals surface area contributed by atoms with Crippen molar-refractivity contribution in [1.29, 1.82) is 0 Å². The van der Waals surface area contributed by atoms with Gasteiger partial charge in [0.2, 0.25) is 5.91 Å². The van der Waals surface area contributed by atoms with Crippen LogP contribution in [0, 0.1) is 12.8 Å². The Bertz CT molecular complexity index is 629. The Labute approximate surface area is 130 Å². The number of amides is 1. The maximum Gasteiger partial charge on any atom is 0.302 e. The van der Waals surface area contributed by atoms with Gasteiger partial charge in [0.25, 0.3) is 0 Å². The fourth-order valence-corrected chi connectivity index (χ4v) is 3.70. The van der Waals surface area contributed by atoms with E-state index >= 15 is 0 Å². The Hall–Kier alpha value is -1.47. The average molecular weight is 329 g/mol. The summed E-state index contributed by atoms with van der Waals surface area (Å²) in [6.45, 7) is 2.06. The summed E-state index contributed by atoms with van der Waals surface area (Å²) in [5.74, 6) is -1.36. The molecule has 0 aromatic heterocycles. The Balaban J connectivity index is 2.18. The molecule has 0 saturated carbocycles. The van der Waals surface area contributed by atoms with Crippen molar-refractivity contribution in [3.05, 3.63) is 35.4 Å². The summed E-state index contributed by atoms with van der Waals surface area (Å²) < 4.78 is 34.3. The van der Waals surface area contributed by atoms with Crippen molar-refractivity contribution >= 4 is 16.1 Å². The van der Waals surface area contributed by atoms with E-state index in [0.717, 1.165) is 11.1 Å². The van der Waals surface area contributed by atoms with Crippen molar-refractivity contribution in [2.24, 2.45) is 5.92 Å². The highest BCUT2D eigenvalue weighted by molar-refractivity contribution is 7.86. The molecule has 1 N–H and O–H groups in total. The molecular weight excluding hydrogens is 309 g/mol. The minimum atomic E-state index is -4.59. The number of nitrogens with zero attached hydrogens (tertiary/aromatic N) is 1. The summed E-state index contributed by atoms with van der Waals surface area (Å²) in [5, 5.41) is 9.26. The van der Waals surface area contributed by atoms with E-state index in [1.165, 1.54) is 0 Å². The van der Waals surface area contributed by atoms with E-state index in [0.29, 0.717) is 6.42 Å². The van der Waals surface area contributed by atoms with Crippen molar-refractivity contribution in [3.8, 4) is 0 Å². The van der Waals surface area contributed by atoms with Gasteiger partial charge in [0, 0.05) is 25.5 Å². The summed E-state index contributed by atoms with van der Waals surface area (Å²) in [4.78, 5) is 13.7. The fraction of sp³-hybridized carbons (Fsp3) is 0.533. The zero-order chi connectivity index (χ0) is 16.3. The van der Waals surface area contributed by atoms with Crippen LogP contribution in [0.15, 0.2) is 24.3 Å². The van der Waals surface area contributed by atoms with Crippen molar-refractivity contribution in [2.75, 3.05) is 18.9 Å². The molecule has 1 saturated heterocycles. The van der Waals surface area contributed by atoms with Crippen molar-refractivity contribution < 1.29 is 22.2 Å². The van der Waals surface area contributed by atoms with Gasteiger partial charge in [-0.1, -0.05) is 29.8 Å². The molecule has 22 heavy (non-hydrogen) atoms. The number of likely N-dealkylation sites (tertiary alicyclic amines) is 1. The highest BCUT2D eigenvalue weighted by atomic mass is 32.3. The zero-order valence-electron chi connectivity index (χ0n) is 12.4. The van der Waals surface area contributed by atoms with Crippen LogP contribution in [0.5, 0.6) is 0 Å². The predicted octanol–water partition coefficient (Wildman–Crippen LogP) is 1.57. The second-order valence-corrected chi connectivity index (χ2v) is 7.17. The molecule has 1 amide bonds. The second-order valence-electron chi connectivity index (χ2n) is 5.76. The van der Waals surface area contributed by atoms with Crippen LogP contribution in [-0.4, -0.2) is 43.2 Å². The van der Waals surface area contributed by atoms with E-state index in [1.807, 2.05) is 31.2 Å². The van der Waals surface area contributed by atoms with Gasteiger partial charge in [0.15, 0.2) is 0 Å². The number of hydrogen-bond donors (Lipinski definition) is 1. The number of hydrogen-bond acceptors (Lipinski definition) is 4. The maximum atomic E-state index is 12.8. The molecule has 1 aromatic rings. The number of aliphatic hydroxyl groups excluding tert-OH is 1. The molecule has 0 radical (unpaired) electrons. The second kappa shape index (κ2) is 6.75. The standard InChI is InChI=1S/C15H20FNO4S/c1-11-2-4-13(5-3-11)14(6-7-18)17-9-12(8-15(17)19)10-22(16,20)21/h2-5,12,14,18H,6-10H2,1H3. The number of halogens is 1. The molecule has 1 heterocycles. The molecule has 1 aliphatic rings. The quantitative estimate of drug-likeness (QED) is 0.804. The molecular formula is C15H20FNO4S. The van der Waals surface area contributed by atoms with E-state index in [1.54, 1.807) is 4.90 Å². The van der Waals surface area contributed by atoms with Crippen molar-refractivity contribution in [1.82, 2.24) is 4.90 Å². The molecule has 2 rings (SSSR count). The third kappa shape index (κ3) is 4.27. The summed E-state index contributed by atoms with van der Waals surface area (Å²) in [6.07, 6.45) is 0.390. The normalized spacial score (nSPS) is 20.4. The van der Waals surface area contributed by atoms with Gasteiger partial charge in [0.05, 0.1) is 11.8 Å². The summed E-state index contributed by atoms with van der Waals surface area (Å²) in [6, 6.07) is 7.31. The molecule has 0 spiro atoms. The van der Waals surface area contributed by atoms with Crippen LogP contribution >= 0.6 is 0 Å². The lowest BCUT2D eigenvalue weighted by Crippen LogP contribution is -2.31. The van der Waals surface area contributed by atoms with Crippen LogP contribution in [0.2, 0.25) is 0 Å². The van der Waals surface area contributed by atoms with E-state index in [4.69, 9.17) is 0 Å². The molecule has 5 nitrogen and oxygen atoms in total. The van der Waals surface area contributed by atoms with Gasteiger partial charge < -0.3 is 10.0 Å². The third-order valence-electron chi connectivity index (χ3n) is 3.91. The Morgan fingerprint density at radius 1 is 1.36 bits per heavy atom. The monoisotopic (exact) mass is 329 g/mol. The number of aryl methyl sites for hydroxylation is 1. The SMILES string of the molecule is Cc1ccc(C(CCO)N2CC(CS(=O)(=O)F)CC2=O)cc1. The number of aliphatic hydroxyl groups is 1. The highest BCUT2D eigenvalue weighted by Gasteiger charge is 2.36. The van der Waals surface area contributed by atoms with E-state index in [9.17, 15) is 22.2 Å². The van der Waals surface area contributed by atoms with Crippen LogP contribution in [0.1, 0.15) is 30.0 Å². The van der Waals surface area contributed by atoms with Gasteiger partial charge in [-0.05, 0) is 18.9 Å². The van der Waals surface area contributed by atoms with Crippen molar-refractivity contribution in [3.63, 3.8) is 0 Å². The number of benzene rings is 1. The first-order valence-corrected chi connectivity index (χ1v) is 8.74. The van der Waals surface area contributed by atoms with E-state index in [-0.39, 0.29) is 31.5 Å². The van der Waals surface area contributed by atoms with Gasteiger partial charge in [-0.2, -0.15) is 8.42 Å². The number of rotatable bonds is 6. The van der Waals surface area contributed by atoms with E-state index in [2.05, 4.69) is 0 Å². The summed E-state index contributed by atoms with van der Waals surface area (Å²) in [5.41, 5.74) is 1.97. The molecule has 0 bridgehead atoms. The minimum absolute atomic E-state index is 0.0247. The molecule has 1 aromatic carbocycles. The predicted molar refractivity (Wildman–Crippen MR) is 80.3 cm³/mol. The lowest BCUT2D eigenvalue weighted by Gasteiger charge is -2.28. The van der Waals surface area contributed by atoms with E-state index < -0.39 is 21.9 Å². The Morgan fingerprint density at radius 3 is 2.55 bits per heavy atom. The smallest absolute Gasteiger partial charge is 0.302 e.